The molecule has 0 aromatic heterocycles. The van der Waals surface area contributed by atoms with Crippen LogP contribution in [0.25, 0.3) is 0 Å². The van der Waals surface area contributed by atoms with Crippen LogP contribution >= 0.6 is 0 Å². The summed E-state index contributed by atoms with van der Waals surface area (Å²) in [4.78, 5) is 13.8. The SMILES string of the molecule is N#Cc1cc(CN2CCCCCCC2=O)ccc1F. The molecule has 1 aliphatic rings. The Labute approximate surface area is 112 Å². The van der Waals surface area contributed by atoms with Crippen molar-refractivity contribution < 1.29 is 9.18 Å². The van der Waals surface area contributed by atoms with Crippen LogP contribution in [0.1, 0.15) is 43.2 Å². The summed E-state index contributed by atoms with van der Waals surface area (Å²) in [5.41, 5.74) is 0.851. The third kappa shape index (κ3) is 3.54. The van der Waals surface area contributed by atoms with Gasteiger partial charge in [-0.3, -0.25) is 4.79 Å². The van der Waals surface area contributed by atoms with Gasteiger partial charge < -0.3 is 4.90 Å². The van der Waals surface area contributed by atoms with E-state index in [9.17, 15) is 9.18 Å². The molecule has 1 fully saturated rings. The minimum atomic E-state index is -0.509. The van der Waals surface area contributed by atoms with Gasteiger partial charge in [0.05, 0.1) is 5.56 Å². The molecule has 1 heterocycles. The lowest BCUT2D eigenvalue weighted by molar-refractivity contribution is -0.132. The van der Waals surface area contributed by atoms with E-state index in [1.54, 1.807) is 6.07 Å². The van der Waals surface area contributed by atoms with Crippen molar-refractivity contribution in [3.8, 4) is 6.07 Å². The van der Waals surface area contributed by atoms with Gasteiger partial charge in [-0.2, -0.15) is 5.26 Å². The Morgan fingerprint density at radius 3 is 2.84 bits per heavy atom. The first-order valence-electron chi connectivity index (χ1n) is 6.67. The molecule has 2 rings (SSSR count). The Hall–Kier alpha value is -1.89. The number of nitrogens with zero attached hydrogens (tertiary/aromatic N) is 2. The van der Waals surface area contributed by atoms with E-state index in [1.165, 1.54) is 12.1 Å². The summed E-state index contributed by atoms with van der Waals surface area (Å²) >= 11 is 0. The fourth-order valence-corrected chi connectivity index (χ4v) is 2.36. The van der Waals surface area contributed by atoms with Gasteiger partial charge in [-0.25, -0.2) is 4.39 Å². The monoisotopic (exact) mass is 260 g/mol. The van der Waals surface area contributed by atoms with Gasteiger partial charge in [0.1, 0.15) is 11.9 Å². The molecule has 0 saturated carbocycles. The van der Waals surface area contributed by atoms with E-state index in [1.807, 2.05) is 11.0 Å². The van der Waals surface area contributed by atoms with Crippen molar-refractivity contribution >= 4 is 5.91 Å². The fourth-order valence-electron chi connectivity index (χ4n) is 2.36. The van der Waals surface area contributed by atoms with Gasteiger partial charge in [0, 0.05) is 19.5 Å². The largest absolute Gasteiger partial charge is 0.338 e. The topological polar surface area (TPSA) is 44.1 Å². The van der Waals surface area contributed by atoms with Crippen LogP contribution in [0.5, 0.6) is 0 Å². The molecule has 0 spiro atoms. The highest BCUT2D eigenvalue weighted by molar-refractivity contribution is 5.76. The molecular formula is C15H17FN2O. The Balaban J connectivity index is 2.10. The van der Waals surface area contributed by atoms with Crippen LogP contribution in [0.2, 0.25) is 0 Å². The van der Waals surface area contributed by atoms with Crippen molar-refractivity contribution in [2.24, 2.45) is 0 Å². The van der Waals surface area contributed by atoms with Crippen LogP contribution < -0.4 is 0 Å². The molecule has 0 aliphatic carbocycles. The molecule has 1 aromatic carbocycles. The average molecular weight is 260 g/mol. The molecule has 0 bridgehead atoms. The third-order valence-corrected chi connectivity index (χ3v) is 3.45. The van der Waals surface area contributed by atoms with Crippen LogP contribution in [0.15, 0.2) is 18.2 Å². The summed E-state index contributed by atoms with van der Waals surface area (Å²) in [5, 5.41) is 8.81. The molecule has 1 aliphatic heterocycles. The van der Waals surface area contributed by atoms with E-state index in [0.29, 0.717) is 13.0 Å². The first-order chi connectivity index (χ1) is 9.20. The van der Waals surface area contributed by atoms with Crippen LogP contribution in [0.4, 0.5) is 4.39 Å². The first kappa shape index (κ1) is 13.5. The molecule has 1 saturated heterocycles. The van der Waals surface area contributed by atoms with E-state index >= 15 is 0 Å². The standard InChI is InChI=1S/C15H17FN2O/c16-14-7-6-12(9-13(14)10-17)11-18-8-4-2-1-3-5-15(18)19/h6-7,9H,1-5,8,11H2. The lowest BCUT2D eigenvalue weighted by atomic mass is 10.1. The van der Waals surface area contributed by atoms with Crippen molar-refractivity contribution in [2.75, 3.05) is 6.54 Å². The second-order valence-corrected chi connectivity index (χ2v) is 4.91. The lowest BCUT2D eigenvalue weighted by Crippen LogP contribution is -2.32. The second kappa shape index (κ2) is 6.33. The molecule has 0 unspecified atom stereocenters. The zero-order valence-corrected chi connectivity index (χ0v) is 10.9. The first-order valence-corrected chi connectivity index (χ1v) is 6.67. The summed E-state index contributed by atoms with van der Waals surface area (Å²) in [7, 11) is 0. The van der Waals surface area contributed by atoms with Crippen molar-refractivity contribution in [1.29, 1.82) is 5.26 Å². The highest BCUT2D eigenvalue weighted by Gasteiger charge is 2.16. The summed E-state index contributed by atoms with van der Waals surface area (Å²) in [6.45, 7) is 1.21. The highest BCUT2D eigenvalue weighted by Crippen LogP contribution is 2.16. The zero-order valence-electron chi connectivity index (χ0n) is 10.9. The molecular weight excluding hydrogens is 243 g/mol. The van der Waals surface area contributed by atoms with Crippen LogP contribution in [-0.4, -0.2) is 17.4 Å². The molecule has 3 nitrogen and oxygen atoms in total. The highest BCUT2D eigenvalue weighted by atomic mass is 19.1. The van der Waals surface area contributed by atoms with Crippen LogP contribution in [0.3, 0.4) is 0 Å². The number of carbonyl (C=O) groups is 1. The molecule has 4 heteroatoms. The molecule has 100 valence electrons. The zero-order chi connectivity index (χ0) is 13.7. The predicted molar refractivity (Wildman–Crippen MR) is 69.6 cm³/mol. The molecule has 19 heavy (non-hydrogen) atoms. The Morgan fingerprint density at radius 2 is 2.05 bits per heavy atom. The summed E-state index contributed by atoms with van der Waals surface area (Å²) in [6, 6.07) is 6.29. The van der Waals surface area contributed by atoms with E-state index in [-0.39, 0.29) is 11.5 Å². The smallest absolute Gasteiger partial charge is 0.222 e. The number of hydrogen-bond acceptors (Lipinski definition) is 2. The van der Waals surface area contributed by atoms with Crippen molar-refractivity contribution in [2.45, 2.75) is 38.6 Å². The number of amides is 1. The quantitative estimate of drug-likeness (QED) is 0.820. The Kier molecular flexibility index (Phi) is 4.51. The fraction of sp³-hybridized carbons (Fsp3) is 0.467. The van der Waals surface area contributed by atoms with E-state index in [2.05, 4.69) is 0 Å². The van der Waals surface area contributed by atoms with Gasteiger partial charge in [0.25, 0.3) is 0 Å². The minimum absolute atomic E-state index is 0.0389. The molecule has 1 aromatic rings. The summed E-state index contributed by atoms with van der Waals surface area (Å²) in [5.74, 6) is -0.354. The van der Waals surface area contributed by atoms with Gasteiger partial charge in [0.2, 0.25) is 5.91 Å². The number of carbonyl (C=O) groups excluding carboxylic acids is 1. The summed E-state index contributed by atoms with van der Waals surface area (Å²) < 4.78 is 13.2. The lowest BCUT2D eigenvalue weighted by Gasteiger charge is -2.25. The van der Waals surface area contributed by atoms with E-state index in [0.717, 1.165) is 37.8 Å². The average Bonchev–Trinajstić information content (AvgIpc) is 2.40. The maximum atomic E-state index is 13.2. The van der Waals surface area contributed by atoms with Gasteiger partial charge in [-0.05, 0) is 30.5 Å². The number of rotatable bonds is 2. The predicted octanol–water partition coefficient (Wildman–Crippen LogP) is 2.99. The van der Waals surface area contributed by atoms with Gasteiger partial charge >= 0.3 is 0 Å². The molecule has 0 N–H and O–H groups in total. The summed E-state index contributed by atoms with van der Waals surface area (Å²) in [6.07, 6.45) is 4.82. The molecule has 0 atom stereocenters. The van der Waals surface area contributed by atoms with Crippen LogP contribution in [-0.2, 0) is 11.3 Å². The van der Waals surface area contributed by atoms with Crippen molar-refractivity contribution in [3.63, 3.8) is 0 Å². The van der Waals surface area contributed by atoms with Gasteiger partial charge in [0.15, 0.2) is 0 Å². The van der Waals surface area contributed by atoms with Crippen LogP contribution in [0, 0.1) is 17.1 Å². The maximum absolute atomic E-state index is 13.2. The van der Waals surface area contributed by atoms with E-state index < -0.39 is 5.82 Å². The minimum Gasteiger partial charge on any atom is -0.338 e. The maximum Gasteiger partial charge on any atom is 0.222 e. The number of halogens is 1. The van der Waals surface area contributed by atoms with Gasteiger partial charge in [-0.15, -0.1) is 0 Å². The Morgan fingerprint density at radius 1 is 1.26 bits per heavy atom. The normalized spacial score (nSPS) is 16.6. The number of benzene rings is 1. The molecule has 1 amide bonds. The Bertz CT molecular complexity index is 507. The number of hydrogen-bond donors (Lipinski definition) is 0. The van der Waals surface area contributed by atoms with E-state index in [4.69, 9.17) is 5.26 Å². The second-order valence-electron chi connectivity index (χ2n) is 4.91. The number of likely N-dealkylation sites (tertiary alicyclic amines) is 1. The third-order valence-electron chi connectivity index (χ3n) is 3.45. The number of nitriles is 1. The van der Waals surface area contributed by atoms with Crippen molar-refractivity contribution in [3.05, 3.63) is 35.1 Å². The molecule has 0 radical (unpaired) electrons. The van der Waals surface area contributed by atoms with Crippen molar-refractivity contribution in [1.82, 2.24) is 4.90 Å². The van der Waals surface area contributed by atoms with Gasteiger partial charge in [-0.1, -0.05) is 18.9 Å².